The highest BCUT2D eigenvalue weighted by atomic mass is 35.5. The van der Waals surface area contributed by atoms with Crippen LogP contribution in [0.15, 0.2) is 67.0 Å². The monoisotopic (exact) mass is 478 g/mol. The van der Waals surface area contributed by atoms with Crippen molar-refractivity contribution in [3.63, 3.8) is 0 Å². The van der Waals surface area contributed by atoms with Crippen LogP contribution in [0.2, 0.25) is 5.02 Å². The molecule has 0 radical (unpaired) electrons. The lowest BCUT2D eigenvalue weighted by atomic mass is 10.1. The predicted octanol–water partition coefficient (Wildman–Crippen LogP) is 4.55. The van der Waals surface area contributed by atoms with Crippen LogP contribution in [-0.4, -0.2) is 32.7 Å². The van der Waals surface area contributed by atoms with Gasteiger partial charge in [0.25, 0.3) is 0 Å². The molecule has 0 amide bonds. The second-order valence-corrected chi connectivity index (χ2v) is 7.27. The topological polar surface area (TPSA) is 96.9 Å². The van der Waals surface area contributed by atoms with Crippen molar-refractivity contribution in [2.24, 2.45) is 12.8 Å². The molecule has 0 saturated heterocycles. The van der Waals surface area contributed by atoms with Crippen LogP contribution in [0, 0.1) is 0 Å². The number of benzene rings is 2. The molecule has 0 atom stereocenters. The third-order valence-electron chi connectivity index (χ3n) is 4.48. The van der Waals surface area contributed by atoms with E-state index in [1.54, 1.807) is 10.9 Å². The van der Waals surface area contributed by atoms with Crippen molar-refractivity contribution in [2.75, 3.05) is 18.9 Å². The second kappa shape index (κ2) is 10.4. The number of hydrogen-bond acceptors (Lipinski definition) is 5. The molecule has 11 heteroatoms. The highest BCUT2D eigenvalue weighted by Crippen LogP contribution is 2.32. The first-order valence-corrected chi connectivity index (χ1v) is 10.2. The van der Waals surface area contributed by atoms with Gasteiger partial charge in [0.1, 0.15) is 18.1 Å². The van der Waals surface area contributed by atoms with E-state index in [9.17, 15) is 13.2 Å². The zero-order chi connectivity index (χ0) is 24.0. The number of aryl methyl sites for hydroxylation is 1. The van der Waals surface area contributed by atoms with E-state index >= 15 is 0 Å². The molecule has 0 fully saturated rings. The first-order chi connectivity index (χ1) is 15.7. The third kappa shape index (κ3) is 6.05. The fourth-order valence-corrected chi connectivity index (χ4v) is 3.11. The Bertz CT molecular complexity index is 1190. The van der Waals surface area contributed by atoms with Gasteiger partial charge in [0.15, 0.2) is 0 Å². The minimum atomic E-state index is -4.42. The normalized spacial score (nSPS) is 11.1. The van der Waals surface area contributed by atoms with Gasteiger partial charge in [-0.15, -0.1) is 0 Å². The van der Waals surface area contributed by atoms with E-state index in [0.29, 0.717) is 29.5 Å². The summed E-state index contributed by atoms with van der Waals surface area (Å²) in [6.45, 7) is 0.962. The van der Waals surface area contributed by atoms with Gasteiger partial charge in [-0.1, -0.05) is 11.6 Å². The molecule has 0 saturated carbocycles. The molecule has 7 nitrogen and oxygen atoms in total. The van der Waals surface area contributed by atoms with E-state index in [2.05, 4.69) is 10.2 Å². The number of anilines is 1. The summed E-state index contributed by atoms with van der Waals surface area (Å²) in [6.07, 6.45) is -1.57. The predicted molar refractivity (Wildman–Crippen MR) is 121 cm³/mol. The fraction of sp³-hybridized carbons (Fsp3) is 0.182. The average molecular weight is 479 g/mol. The Balaban J connectivity index is 0.000000186. The number of nitrogens with two attached hydrogens (primary N) is 2. The largest absolute Gasteiger partial charge is 0.492 e. The summed E-state index contributed by atoms with van der Waals surface area (Å²) in [6, 6.07) is 14.4. The Morgan fingerprint density at radius 2 is 1.70 bits per heavy atom. The summed E-state index contributed by atoms with van der Waals surface area (Å²) in [5.41, 5.74) is 13.3. The van der Waals surface area contributed by atoms with Gasteiger partial charge in [-0.3, -0.25) is 4.68 Å². The standard InChI is InChI=1S/C12H16N4O.C10H6ClF3N2/c1-16-11(4-6-15-16)10-8-9(14)2-3-12(10)17-7-5-13;11-7-1-3-8(4-2-7)16-9(5-6-15-16)10(12,13)14/h2-4,6,8H,5,7,13-14H2,1H3;1-6H. The number of nitrogen functional groups attached to an aromatic ring is 1. The number of ether oxygens (including phenoxy) is 1. The Morgan fingerprint density at radius 3 is 2.30 bits per heavy atom. The first kappa shape index (κ1) is 24.1. The molecule has 0 aliphatic heterocycles. The molecule has 0 aliphatic carbocycles. The van der Waals surface area contributed by atoms with Gasteiger partial charge in [0.2, 0.25) is 0 Å². The number of hydrogen-bond donors (Lipinski definition) is 2. The number of rotatable bonds is 5. The van der Waals surface area contributed by atoms with E-state index in [4.69, 9.17) is 27.8 Å². The van der Waals surface area contributed by atoms with E-state index in [1.165, 1.54) is 24.3 Å². The molecular formula is C22H22ClF3N6O. The van der Waals surface area contributed by atoms with Crippen LogP contribution in [0.25, 0.3) is 16.9 Å². The maximum Gasteiger partial charge on any atom is 0.433 e. The molecule has 174 valence electrons. The van der Waals surface area contributed by atoms with Gasteiger partial charge in [0, 0.05) is 36.1 Å². The lowest BCUT2D eigenvalue weighted by molar-refractivity contribution is -0.142. The van der Waals surface area contributed by atoms with Crippen molar-refractivity contribution in [2.45, 2.75) is 6.18 Å². The summed E-state index contributed by atoms with van der Waals surface area (Å²) in [7, 11) is 1.88. The van der Waals surface area contributed by atoms with Gasteiger partial charge in [-0.25, -0.2) is 4.68 Å². The minimum Gasteiger partial charge on any atom is -0.492 e. The van der Waals surface area contributed by atoms with E-state index < -0.39 is 11.9 Å². The van der Waals surface area contributed by atoms with E-state index in [1.807, 2.05) is 31.3 Å². The lowest BCUT2D eigenvalue weighted by Gasteiger charge is -2.11. The van der Waals surface area contributed by atoms with Crippen LogP contribution < -0.4 is 16.2 Å². The molecule has 0 spiro atoms. The Kier molecular flexibility index (Phi) is 7.62. The molecule has 2 aromatic carbocycles. The van der Waals surface area contributed by atoms with Crippen molar-refractivity contribution < 1.29 is 17.9 Å². The van der Waals surface area contributed by atoms with Gasteiger partial charge < -0.3 is 16.2 Å². The lowest BCUT2D eigenvalue weighted by Crippen LogP contribution is -2.13. The highest BCUT2D eigenvalue weighted by molar-refractivity contribution is 6.30. The molecule has 2 heterocycles. The second-order valence-electron chi connectivity index (χ2n) is 6.84. The Labute approximate surface area is 193 Å². The molecule has 33 heavy (non-hydrogen) atoms. The van der Waals surface area contributed by atoms with Gasteiger partial charge in [-0.05, 0) is 54.6 Å². The summed E-state index contributed by atoms with van der Waals surface area (Å²) in [5, 5.41) is 8.24. The average Bonchev–Trinajstić information content (AvgIpc) is 3.43. The molecular weight excluding hydrogens is 457 g/mol. The first-order valence-electron chi connectivity index (χ1n) is 9.78. The zero-order valence-electron chi connectivity index (χ0n) is 17.6. The molecule has 4 aromatic rings. The smallest absolute Gasteiger partial charge is 0.433 e. The molecule has 0 unspecified atom stereocenters. The summed E-state index contributed by atoms with van der Waals surface area (Å²) >= 11 is 5.65. The number of nitrogens with zero attached hydrogens (tertiary/aromatic N) is 4. The molecule has 0 aliphatic rings. The molecule has 4 rings (SSSR count). The van der Waals surface area contributed by atoms with Crippen molar-refractivity contribution in [1.82, 2.24) is 19.6 Å². The van der Waals surface area contributed by atoms with E-state index in [0.717, 1.165) is 34.0 Å². The van der Waals surface area contributed by atoms with Crippen LogP contribution in [0.1, 0.15) is 5.69 Å². The van der Waals surface area contributed by atoms with Crippen LogP contribution in [0.4, 0.5) is 18.9 Å². The van der Waals surface area contributed by atoms with E-state index in [-0.39, 0.29) is 0 Å². The van der Waals surface area contributed by atoms with Crippen LogP contribution in [0.5, 0.6) is 5.75 Å². The maximum atomic E-state index is 12.6. The third-order valence-corrected chi connectivity index (χ3v) is 4.73. The summed E-state index contributed by atoms with van der Waals surface area (Å²) in [4.78, 5) is 0. The Hall–Kier alpha value is -3.50. The summed E-state index contributed by atoms with van der Waals surface area (Å²) in [5.74, 6) is 0.772. The van der Waals surface area contributed by atoms with Crippen LogP contribution in [-0.2, 0) is 13.2 Å². The number of alkyl halides is 3. The van der Waals surface area contributed by atoms with Gasteiger partial charge in [0.05, 0.1) is 17.6 Å². The quantitative estimate of drug-likeness (QED) is 0.410. The fourth-order valence-electron chi connectivity index (χ4n) is 2.99. The van der Waals surface area contributed by atoms with Gasteiger partial charge >= 0.3 is 6.18 Å². The van der Waals surface area contributed by atoms with Crippen molar-refractivity contribution in [3.8, 4) is 22.7 Å². The SMILES string of the molecule is Cn1nccc1-c1cc(N)ccc1OCCN.FC(F)(F)c1ccnn1-c1ccc(Cl)cc1. The van der Waals surface area contributed by atoms with Crippen LogP contribution in [0.3, 0.4) is 0 Å². The number of halogens is 4. The van der Waals surface area contributed by atoms with Crippen molar-refractivity contribution in [1.29, 1.82) is 0 Å². The van der Waals surface area contributed by atoms with Crippen molar-refractivity contribution in [3.05, 3.63) is 77.7 Å². The van der Waals surface area contributed by atoms with Crippen LogP contribution >= 0.6 is 11.6 Å². The maximum absolute atomic E-state index is 12.6. The highest BCUT2D eigenvalue weighted by Gasteiger charge is 2.35. The molecule has 4 N–H and O–H groups in total. The molecule has 0 bridgehead atoms. The van der Waals surface area contributed by atoms with Gasteiger partial charge in [-0.2, -0.15) is 23.4 Å². The van der Waals surface area contributed by atoms with Crippen molar-refractivity contribution >= 4 is 17.3 Å². The summed E-state index contributed by atoms with van der Waals surface area (Å²) < 4.78 is 45.9. The Morgan fingerprint density at radius 1 is 1.00 bits per heavy atom. The number of aromatic nitrogens is 4. The minimum absolute atomic E-state index is 0.321. The molecule has 2 aromatic heterocycles. The zero-order valence-corrected chi connectivity index (χ0v) is 18.4.